The second-order valence-electron chi connectivity index (χ2n) is 6.46. The average molecular weight is 474 g/mol. The number of carbonyl (C=O) groups is 2. The lowest BCUT2D eigenvalue weighted by molar-refractivity contribution is -0.138. The Morgan fingerprint density at radius 2 is 1.69 bits per heavy atom. The number of hydrogen-bond donors (Lipinski definition) is 1. The molecule has 0 heterocycles. The molecule has 0 aliphatic rings. The van der Waals surface area contributed by atoms with Gasteiger partial charge in [0.25, 0.3) is 0 Å². The monoisotopic (exact) mass is 472 g/mol. The van der Waals surface area contributed by atoms with Gasteiger partial charge >= 0.3 is 0 Å². The maximum atomic E-state index is 12.9. The molecule has 156 valence electrons. The first kappa shape index (κ1) is 23.9. The summed E-state index contributed by atoms with van der Waals surface area (Å²) in [6.45, 7) is 4.44. The molecule has 2 aromatic rings. The Hall–Kier alpha value is -1.40. The third kappa shape index (κ3) is 7.41. The zero-order valence-corrected chi connectivity index (χ0v) is 19.3. The molecule has 0 aromatic heterocycles. The van der Waals surface area contributed by atoms with Crippen molar-refractivity contribution < 1.29 is 9.59 Å². The SMILES string of the molecule is CCNC(=O)[C@@H](C)N(Cc1ccc(Cl)cc1)C(=O)CSCc1ccc(Cl)c(Cl)c1. The van der Waals surface area contributed by atoms with Crippen molar-refractivity contribution in [3.8, 4) is 0 Å². The van der Waals surface area contributed by atoms with Gasteiger partial charge in [0.05, 0.1) is 15.8 Å². The van der Waals surface area contributed by atoms with Gasteiger partial charge < -0.3 is 10.2 Å². The van der Waals surface area contributed by atoms with Crippen molar-refractivity contribution in [2.45, 2.75) is 32.2 Å². The largest absolute Gasteiger partial charge is 0.355 e. The maximum Gasteiger partial charge on any atom is 0.242 e. The van der Waals surface area contributed by atoms with Crippen molar-refractivity contribution in [2.75, 3.05) is 12.3 Å². The van der Waals surface area contributed by atoms with E-state index in [1.807, 2.05) is 25.1 Å². The van der Waals surface area contributed by atoms with Crippen LogP contribution >= 0.6 is 46.6 Å². The highest BCUT2D eigenvalue weighted by Crippen LogP contribution is 2.25. The molecule has 29 heavy (non-hydrogen) atoms. The molecule has 0 spiro atoms. The van der Waals surface area contributed by atoms with Crippen LogP contribution in [0.1, 0.15) is 25.0 Å². The first-order valence-corrected chi connectivity index (χ1v) is 11.4. The lowest BCUT2D eigenvalue weighted by atomic mass is 10.1. The molecule has 0 bridgehead atoms. The fraction of sp³-hybridized carbons (Fsp3) is 0.333. The van der Waals surface area contributed by atoms with E-state index in [9.17, 15) is 9.59 Å². The summed E-state index contributed by atoms with van der Waals surface area (Å²) in [5, 5.41) is 4.40. The van der Waals surface area contributed by atoms with Gasteiger partial charge in [0.2, 0.25) is 11.8 Å². The van der Waals surface area contributed by atoms with Crippen LogP contribution in [0.2, 0.25) is 15.1 Å². The van der Waals surface area contributed by atoms with Gasteiger partial charge in [-0.3, -0.25) is 9.59 Å². The number of nitrogens with one attached hydrogen (secondary N) is 1. The quantitative estimate of drug-likeness (QED) is 0.528. The summed E-state index contributed by atoms with van der Waals surface area (Å²) >= 11 is 19.4. The molecule has 0 fully saturated rings. The summed E-state index contributed by atoms with van der Waals surface area (Å²) in [7, 11) is 0. The Labute approximate surface area is 190 Å². The topological polar surface area (TPSA) is 49.4 Å². The number of halogens is 3. The molecule has 2 rings (SSSR count). The van der Waals surface area contributed by atoms with E-state index in [1.165, 1.54) is 11.8 Å². The van der Waals surface area contributed by atoms with Gasteiger partial charge in [-0.05, 0) is 49.2 Å². The van der Waals surface area contributed by atoms with Gasteiger partial charge in [-0.25, -0.2) is 0 Å². The molecule has 1 atom stereocenters. The molecule has 0 saturated carbocycles. The smallest absolute Gasteiger partial charge is 0.242 e. The van der Waals surface area contributed by atoms with Crippen molar-refractivity contribution in [1.82, 2.24) is 10.2 Å². The maximum absolute atomic E-state index is 12.9. The number of thioether (sulfide) groups is 1. The third-order valence-electron chi connectivity index (χ3n) is 4.26. The van der Waals surface area contributed by atoms with Gasteiger partial charge in [0.1, 0.15) is 6.04 Å². The average Bonchev–Trinajstić information content (AvgIpc) is 2.69. The van der Waals surface area contributed by atoms with Crippen LogP contribution in [0, 0.1) is 0 Å². The van der Waals surface area contributed by atoms with E-state index in [4.69, 9.17) is 34.8 Å². The van der Waals surface area contributed by atoms with E-state index < -0.39 is 6.04 Å². The number of hydrogen-bond acceptors (Lipinski definition) is 3. The molecule has 0 aliphatic carbocycles. The summed E-state index contributed by atoms with van der Waals surface area (Å²) in [5.41, 5.74) is 1.90. The minimum atomic E-state index is -0.580. The molecular weight excluding hydrogens is 451 g/mol. The van der Waals surface area contributed by atoms with Gasteiger partial charge in [0.15, 0.2) is 0 Å². The minimum Gasteiger partial charge on any atom is -0.355 e. The highest BCUT2D eigenvalue weighted by atomic mass is 35.5. The number of amides is 2. The molecule has 1 N–H and O–H groups in total. The molecule has 0 aliphatic heterocycles. The van der Waals surface area contributed by atoms with Crippen LogP contribution in [0.5, 0.6) is 0 Å². The van der Waals surface area contributed by atoms with Gasteiger partial charge in [-0.1, -0.05) is 53.0 Å². The number of benzene rings is 2. The molecule has 2 amide bonds. The Morgan fingerprint density at radius 1 is 1.03 bits per heavy atom. The van der Waals surface area contributed by atoms with Crippen LogP contribution in [0.3, 0.4) is 0 Å². The Bertz CT molecular complexity index is 846. The first-order valence-electron chi connectivity index (χ1n) is 9.15. The number of likely N-dealkylation sites (N-methyl/N-ethyl adjacent to an activating group) is 1. The van der Waals surface area contributed by atoms with Crippen LogP contribution < -0.4 is 5.32 Å². The minimum absolute atomic E-state index is 0.108. The molecule has 2 aromatic carbocycles. The fourth-order valence-corrected chi connectivity index (χ4v) is 3.96. The first-order chi connectivity index (χ1) is 13.8. The van der Waals surface area contributed by atoms with E-state index in [0.29, 0.717) is 33.9 Å². The zero-order chi connectivity index (χ0) is 21.4. The zero-order valence-electron chi connectivity index (χ0n) is 16.3. The highest BCUT2D eigenvalue weighted by Gasteiger charge is 2.25. The summed E-state index contributed by atoms with van der Waals surface area (Å²) < 4.78 is 0. The van der Waals surface area contributed by atoms with E-state index in [0.717, 1.165) is 11.1 Å². The van der Waals surface area contributed by atoms with E-state index >= 15 is 0 Å². The molecular formula is C21H23Cl3N2O2S. The van der Waals surface area contributed by atoms with E-state index in [1.54, 1.807) is 36.1 Å². The number of carbonyl (C=O) groups excluding carboxylic acids is 2. The van der Waals surface area contributed by atoms with E-state index in [-0.39, 0.29) is 17.6 Å². The van der Waals surface area contributed by atoms with Crippen LogP contribution in [0.4, 0.5) is 0 Å². The van der Waals surface area contributed by atoms with Crippen LogP contribution in [0.15, 0.2) is 42.5 Å². The molecule has 0 unspecified atom stereocenters. The Morgan fingerprint density at radius 3 is 2.31 bits per heavy atom. The molecule has 0 radical (unpaired) electrons. The summed E-state index contributed by atoms with van der Waals surface area (Å²) in [5.74, 6) is 0.581. The van der Waals surface area contributed by atoms with Crippen LogP contribution in [-0.4, -0.2) is 35.1 Å². The van der Waals surface area contributed by atoms with Crippen molar-refractivity contribution in [3.05, 3.63) is 68.7 Å². The number of nitrogens with zero attached hydrogens (tertiary/aromatic N) is 1. The molecule has 8 heteroatoms. The van der Waals surface area contributed by atoms with Crippen molar-refractivity contribution in [2.24, 2.45) is 0 Å². The summed E-state index contributed by atoms with van der Waals surface area (Å²) in [6, 6.07) is 12.1. The van der Waals surface area contributed by atoms with Gasteiger partial charge in [-0.2, -0.15) is 0 Å². The second kappa shape index (κ2) is 11.7. The second-order valence-corrected chi connectivity index (χ2v) is 8.70. The lowest BCUT2D eigenvalue weighted by Gasteiger charge is -2.28. The Balaban J connectivity index is 2.05. The highest BCUT2D eigenvalue weighted by molar-refractivity contribution is 7.99. The predicted molar refractivity (Wildman–Crippen MR) is 123 cm³/mol. The third-order valence-corrected chi connectivity index (χ3v) is 6.24. The summed E-state index contributed by atoms with van der Waals surface area (Å²) in [4.78, 5) is 26.9. The fourth-order valence-electron chi connectivity index (χ4n) is 2.66. The van der Waals surface area contributed by atoms with Crippen molar-refractivity contribution in [3.63, 3.8) is 0 Å². The van der Waals surface area contributed by atoms with E-state index in [2.05, 4.69) is 5.32 Å². The molecule has 4 nitrogen and oxygen atoms in total. The van der Waals surface area contributed by atoms with Crippen LogP contribution in [-0.2, 0) is 21.9 Å². The predicted octanol–water partition coefficient (Wildman–Crippen LogP) is 5.43. The van der Waals surface area contributed by atoms with Crippen LogP contribution in [0.25, 0.3) is 0 Å². The Kier molecular flexibility index (Phi) is 9.63. The van der Waals surface area contributed by atoms with Gasteiger partial charge in [0, 0.05) is 23.9 Å². The standard InChI is InChI=1S/C21H23Cl3N2O2S/c1-3-25-21(28)14(2)26(11-15-4-7-17(22)8-5-15)20(27)13-29-12-16-6-9-18(23)19(24)10-16/h4-10,14H,3,11-13H2,1-2H3,(H,25,28)/t14-/m1/s1. The lowest BCUT2D eigenvalue weighted by Crippen LogP contribution is -2.48. The normalized spacial score (nSPS) is 11.8. The molecule has 0 saturated heterocycles. The van der Waals surface area contributed by atoms with Crippen molar-refractivity contribution in [1.29, 1.82) is 0 Å². The van der Waals surface area contributed by atoms with Gasteiger partial charge in [-0.15, -0.1) is 11.8 Å². The van der Waals surface area contributed by atoms with Crippen molar-refractivity contribution >= 4 is 58.4 Å². The summed E-state index contributed by atoms with van der Waals surface area (Å²) in [6.07, 6.45) is 0. The number of rotatable bonds is 9.